The van der Waals surface area contributed by atoms with E-state index in [1.807, 2.05) is 0 Å². The van der Waals surface area contributed by atoms with Crippen LogP contribution in [0.25, 0.3) is 0 Å². The second-order valence-corrected chi connectivity index (χ2v) is 3.18. The van der Waals surface area contributed by atoms with Crippen molar-refractivity contribution in [3.05, 3.63) is 0 Å². The van der Waals surface area contributed by atoms with Crippen molar-refractivity contribution in [2.75, 3.05) is 7.11 Å². The van der Waals surface area contributed by atoms with E-state index < -0.39 is 23.9 Å². The number of urea groups is 1. The van der Waals surface area contributed by atoms with Crippen molar-refractivity contribution in [2.45, 2.75) is 19.4 Å². The van der Waals surface area contributed by atoms with Crippen LogP contribution in [-0.2, 0) is 14.3 Å². The molecule has 6 heteroatoms. The molecule has 0 aromatic heterocycles. The van der Waals surface area contributed by atoms with Crippen LogP contribution in [0.5, 0.6) is 0 Å². The highest BCUT2D eigenvalue weighted by Gasteiger charge is 2.32. The molecule has 14 heavy (non-hydrogen) atoms. The van der Waals surface area contributed by atoms with E-state index in [9.17, 15) is 14.4 Å². The van der Waals surface area contributed by atoms with Crippen LogP contribution >= 0.6 is 0 Å². The normalized spacial score (nSPS) is 22.6. The summed E-state index contributed by atoms with van der Waals surface area (Å²) < 4.78 is 4.50. The average molecular weight is 200 g/mol. The molecule has 1 rings (SSSR count). The molecule has 1 heterocycles. The number of carbonyl (C=O) groups excluding carboxylic acids is 3. The van der Waals surface area contributed by atoms with E-state index >= 15 is 0 Å². The van der Waals surface area contributed by atoms with Gasteiger partial charge in [-0.3, -0.25) is 14.9 Å². The van der Waals surface area contributed by atoms with E-state index in [-0.39, 0.29) is 12.4 Å². The Bertz CT molecular complexity index is 277. The van der Waals surface area contributed by atoms with Gasteiger partial charge < -0.3 is 10.1 Å². The topological polar surface area (TPSA) is 84.5 Å². The summed E-state index contributed by atoms with van der Waals surface area (Å²) in [6.45, 7) is 1.64. The number of nitrogens with one attached hydrogen (secondary N) is 2. The number of hydrogen-bond donors (Lipinski definition) is 2. The van der Waals surface area contributed by atoms with Crippen LogP contribution in [0.2, 0.25) is 0 Å². The molecule has 0 aromatic carbocycles. The molecule has 2 N–H and O–H groups in total. The van der Waals surface area contributed by atoms with Crippen molar-refractivity contribution in [1.29, 1.82) is 0 Å². The SMILES string of the molecule is COC(=O)C(C)CC1NC(=O)NC1=O. The Morgan fingerprint density at radius 1 is 1.57 bits per heavy atom. The molecule has 0 saturated carbocycles. The summed E-state index contributed by atoms with van der Waals surface area (Å²) in [6, 6.07) is -1.14. The van der Waals surface area contributed by atoms with Gasteiger partial charge in [0.25, 0.3) is 5.91 Å². The van der Waals surface area contributed by atoms with E-state index in [2.05, 4.69) is 15.4 Å². The van der Waals surface area contributed by atoms with Gasteiger partial charge in [0, 0.05) is 0 Å². The lowest BCUT2D eigenvalue weighted by molar-refractivity contribution is -0.145. The highest BCUT2D eigenvalue weighted by Crippen LogP contribution is 2.10. The quantitative estimate of drug-likeness (QED) is 0.470. The van der Waals surface area contributed by atoms with Crippen LogP contribution in [0, 0.1) is 5.92 Å². The predicted octanol–water partition coefficient (Wildman–Crippen LogP) is -0.606. The molecular weight excluding hydrogens is 188 g/mol. The number of esters is 1. The fourth-order valence-electron chi connectivity index (χ4n) is 1.28. The summed E-state index contributed by atoms with van der Waals surface area (Å²) in [4.78, 5) is 32.8. The lowest BCUT2D eigenvalue weighted by Crippen LogP contribution is -2.32. The van der Waals surface area contributed by atoms with Crippen LogP contribution in [0.1, 0.15) is 13.3 Å². The van der Waals surface area contributed by atoms with Gasteiger partial charge in [0.1, 0.15) is 6.04 Å². The number of ether oxygens (including phenoxy) is 1. The molecule has 1 aliphatic heterocycles. The number of hydrogen-bond acceptors (Lipinski definition) is 4. The molecule has 1 saturated heterocycles. The van der Waals surface area contributed by atoms with Crippen molar-refractivity contribution in [3.63, 3.8) is 0 Å². The average Bonchev–Trinajstić information content (AvgIpc) is 2.44. The predicted molar refractivity (Wildman–Crippen MR) is 46.3 cm³/mol. The summed E-state index contributed by atoms with van der Waals surface area (Å²) in [5.41, 5.74) is 0. The first-order chi connectivity index (χ1) is 6.54. The number of amides is 3. The first-order valence-electron chi connectivity index (χ1n) is 4.23. The Morgan fingerprint density at radius 3 is 2.64 bits per heavy atom. The third-order valence-electron chi connectivity index (χ3n) is 2.05. The van der Waals surface area contributed by atoms with Crippen molar-refractivity contribution in [3.8, 4) is 0 Å². The highest BCUT2D eigenvalue weighted by atomic mass is 16.5. The standard InChI is InChI=1S/C8H12N2O4/c1-4(7(12)14-2)3-5-6(11)10-8(13)9-5/h4-5H,3H2,1-2H3,(H2,9,10,11,13). The van der Waals surface area contributed by atoms with Crippen molar-refractivity contribution in [1.82, 2.24) is 10.6 Å². The fraction of sp³-hybridized carbons (Fsp3) is 0.625. The Balaban J connectivity index is 2.48. The fourth-order valence-corrected chi connectivity index (χ4v) is 1.28. The lowest BCUT2D eigenvalue weighted by Gasteiger charge is -2.11. The molecular formula is C8H12N2O4. The van der Waals surface area contributed by atoms with Gasteiger partial charge in [0.15, 0.2) is 0 Å². The highest BCUT2D eigenvalue weighted by molar-refractivity contribution is 6.04. The molecule has 2 atom stereocenters. The molecule has 1 fully saturated rings. The number of rotatable bonds is 3. The maximum Gasteiger partial charge on any atom is 0.322 e. The molecule has 6 nitrogen and oxygen atoms in total. The molecule has 0 bridgehead atoms. The molecule has 2 unspecified atom stereocenters. The second-order valence-electron chi connectivity index (χ2n) is 3.18. The van der Waals surface area contributed by atoms with Gasteiger partial charge in [-0.25, -0.2) is 4.79 Å². The zero-order valence-corrected chi connectivity index (χ0v) is 7.99. The summed E-state index contributed by atoms with van der Waals surface area (Å²) in [5.74, 6) is -1.20. The van der Waals surface area contributed by atoms with Crippen LogP contribution in [0.4, 0.5) is 4.79 Å². The molecule has 0 aliphatic carbocycles. The first-order valence-corrected chi connectivity index (χ1v) is 4.23. The molecule has 0 spiro atoms. The van der Waals surface area contributed by atoms with E-state index in [0.29, 0.717) is 0 Å². The van der Waals surface area contributed by atoms with Gasteiger partial charge in [-0.1, -0.05) is 6.92 Å². The molecule has 3 amide bonds. The number of imide groups is 1. The maximum absolute atomic E-state index is 11.1. The molecule has 1 aliphatic rings. The summed E-state index contributed by atoms with van der Waals surface area (Å²) >= 11 is 0. The Hall–Kier alpha value is -1.59. The molecule has 0 radical (unpaired) electrons. The minimum atomic E-state index is -0.628. The van der Waals surface area contributed by atoms with E-state index in [1.54, 1.807) is 6.92 Å². The third kappa shape index (κ3) is 2.21. The Morgan fingerprint density at radius 2 is 2.21 bits per heavy atom. The van der Waals surface area contributed by atoms with Crippen molar-refractivity contribution >= 4 is 17.9 Å². The largest absolute Gasteiger partial charge is 0.469 e. The summed E-state index contributed by atoms with van der Waals surface area (Å²) in [5, 5.41) is 4.49. The van der Waals surface area contributed by atoms with Crippen molar-refractivity contribution in [2.24, 2.45) is 5.92 Å². The molecule has 78 valence electrons. The van der Waals surface area contributed by atoms with Crippen LogP contribution in [0.15, 0.2) is 0 Å². The van der Waals surface area contributed by atoms with Gasteiger partial charge in [-0.05, 0) is 6.42 Å². The minimum absolute atomic E-state index is 0.254. The number of carbonyl (C=O) groups is 3. The number of methoxy groups -OCH3 is 1. The Kier molecular flexibility index (Phi) is 3.06. The van der Waals surface area contributed by atoms with Gasteiger partial charge in [-0.15, -0.1) is 0 Å². The van der Waals surface area contributed by atoms with Gasteiger partial charge in [-0.2, -0.15) is 0 Å². The monoisotopic (exact) mass is 200 g/mol. The van der Waals surface area contributed by atoms with Crippen LogP contribution < -0.4 is 10.6 Å². The Labute approximate surface area is 81.0 Å². The maximum atomic E-state index is 11.1. The van der Waals surface area contributed by atoms with Gasteiger partial charge in [0.05, 0.1) is 13.0 Å². The summed E-state index contributed by atoms with van der Waals surface area (Å²) in [7, 11) is 1.28. The van der Waals surface area contributed by atoms with Crippen LogP contribution in [0.3, 0.4) is 0 Å². The zero-order chi connectivity index (χ0) is 10.7. The van der Waals surface area contributed by atoms with E-state index in [1.165, 1.54) is 7.11 Å². The van der Waals surface area contributed by atoms with E-state index in [4.69, 9.17) is 0 Å². The molecule has 0 aromatic rings. The minimum Gasteiger partial charge on any atom is -0.469 e. The lowest BCUT2D eigenvalue weighted by atomic mass is 10.0. The van der Waals surface area contributed by atoms with E-state index in [0.717, 1.165) is 0 Å². The van der Waals surface area contributed by atoms with Gasteiger partial charge >= 0.3 is 12.0 Å². The smallest absolute Gasteiger partial charge is 0.322 e. The first kappa shape index (κ1) is 10.5. The third-order valence-corrected chi connectivity index (χ3v) is 2.05. The van der Waals surface area contributed by atoms with Crippen LogP contribution in [-0.4, -0.2) is 31.1 Å². The zero-order valence-electron chi connectivity index (χ0n) is 7.99. The summed E-state index contributed by atoms with van der Waals surface area (Å²) in [6.07, 6.45) is 0.254. The second kappa shape index (κ2) is 4.08. The van der Waals surface area contributed by atoms with Crippen molar-refractivity contribution < 1.29 is 19.1 Å². The van der Waals surface area contributed by atoms with Gasteiger partial charge in [0.2, 0.25) is 0 Å².